The van der Waals surface area contributed by atoms with Crippen LogP contribution in [0.2, 0.25) is 0 Å². The second kappa shape index (κ2) is 4.59. The van der Waals surface area contributed by atoms with Crippen molar-refractivity contribution in [3.63, 3.8) is 0 Å². The van der Waals surface area contributed by atoms with Crippen LogP contribution in [0, 0.1) is 0 Å². The van der Waals surface area contributed by atoms with Gasteiger partial charge in [-0.05, 0) is 48.8 Å². The van der Waals surface area contributed by atoms with Gasteiger partial charge < -0.3 is 5.73 Å². The maximum atomic E-state index is 6.33. The van der Waals surface area contributed by atoms with Crippen LogP contribution in [-0.4, -0.2) is 4.98 Å². The number of nitrogens with zero attached hydrogens (tertiary/aromatic N) is 1. The molecule has 1 aliphatic carbocycles. The Kier molecular flexibility index (Phi) is 2.95. The molecule has 2 aromatic heterocycles. The molecule has 1 aliphatic rings. The van der Waals surface area contributed by atoms with E-state index in [2.05, 4.69) is 28.6 Å². The summed E-state index contributed by atoms with van der Waals surface area (Å²) in [6, 6.07) is 4.27. The van der Waals surface area contributed by atoms with Gasteiger partial charge in [-0.15, -0.1) is 11.3 Å². The van der Waals surface area contributed by atoms with Gasteiger partial charge in [0, 0.05) is 6.20 Å². The van der Waals surface area contributed by atoms with Gasteiger partial charge in [-0.1, -0.05) is 11.6 Å². The van der Waals surface area contributed by atoms with Crippen molar-refractivity contribution in [2.24, 2.45) is 5.73 Å². The van der Waals surface area contributed by atoms with E-state index in [1.807, 2.05) is 6.20 Å². The minimum Gasteiger partial charge on any atom is -0.320 e. The average molecular weight is 244 g/mol. The summed E-state index contributed by atoms with van der Waals surface area (Å²) in [5, 5.41) is 2.08. The first-order valence-corrected chi connectivity index (χ1v) is 7.00. The number of pyridine rings is 1. The summed E-state index contributed by atoms with van der Waals surface area (Å²) in [6.45, 7) is 0. The highest BCUT2D eigenvalue weighted by Gasteiger charge is 2.14. The molecular formula is C14H16N2S. The number of thiophene rings is 1. The van der Waals surface area contributed by atoms with Crippen LogP contribution in [0.25, 0.3) is 10.2 Å². The lowest BCUT2D eigenvalue weighted by atomic mass is 9.91. The number of aromatic nitrogens is 1. The Morgan fingerprint density at radius 2 is 2.29 bits per heavy atom. The molecule has 2 heterocycles. The molecule has 1 unspecified atom stereocenters. The molecule has 0 aliphatic heterocycles. The zero-order chi connectivity index (χ0) is 11.7. The van der Waals surface area contributed by atoms with E-state index in [9.17, 15) is 0 Å². The molecule has 0 fully saturated rings. The van der Waals surface area contributed by atoms with Crippen molar-refractivity contribution in [3.8, 4) is 0 Å². The average Bonchev–Trinajstić information content (AvgIpc) is 2.86. The van der Waals surface area contributed by atoms with Gasteiger partial charge in [-0.25, -0.2) is 0 Å². The first kappa shape index (κ1) is 10.9. The molecule has 3 heteroatoms. The van der Waals surface area contributed by atoms with Gasteiger partial charge >= 0.3 is 0 Å². The van der Waals surface area contributed by atoms with Crippen LogP contribution < -0.4 is 5.73 Å². The fourth-order valence-electron chi connectivity index (χ4n) is 2.39. The molecule has 0 bridgehead atoms. The maximum Gasteiger partial charge on any atom is 0.0809 e. The quantitative estimate of drug-likeness (QED) is 0.816. The van der Waals surface area contributed by atoms with Gasteiger partial charge in [-0.2, -0.15) is 0 Å². The van der Waals surface area contributed by atoms with E-state index in [1.54, 1.807) is 11.3 Å². The lowest BCUT2D eigenvalue weighted by Crippen LogP contribution is -2.15. The van der Waals surface area contributed by atoms with Crippen LogP contribution in [0.3, 0.4) is 0 Å². The summed E-state index contributed by atoms with van der Waals surface area (Å²) >= 11 is 1.73. The number of rotatable bonds is 2. The molecule has 88 valence electrons. The Balaban J connectivity index is 1.94. The van der Waals surface area contributed by atoms with E-state index in [-0.39, 0.29) is 6.04 Å². The Hall–Kier alpha value is -1.19. The van der Waals surface area contributed by atoms with Crippen LogP contribution in [0.1, 0.15) is 37.3 Å². The molecule has 0 radical (unpaired) electrons. The van der Waals surface area contributed by atoms with Crippen molar-refractivity contribution in [1.82, 2.24) is 4.98 Å². The standard InChI is InChI=1S/C14H16N2S/c15-14(10-4-2-1-3-5-10)11-8-13-12(16-9-11)6-7-17-13/h4,6-9,14H,1-3,5,15H2. The third-order valence-corrected chi connectivity index (χ3v) is 4.26. The van der Waals surface area contributed by atoms with E-state index in [4.69, 9.17) is 5.73 Å². The summed E-state index contributed by atoms with van der Waals surface area (Å²) in [5.41, 5.74) is 9.93. The summed E-state index contributed by atoms with van der Waals surface area (Å²) in [7, 11) is 0. The predicted molar refractivity (Wildman–Crippen MR) is 73.1 cm³/mol. The number of hydrogen-bond donors (Lipinski definition) is 1. The molecule has 0 spiro atoms. The largest absolute Gasteiger partial charge is 0.320 e. The minimum atomic E-state index is 0.0364. The highest BCUT2D eigenvalue weighted by molar-refractivity contribution is 7.17. The normalized spacial score (nSPS) is 18.1. The Morgan fingerprint density at radius 1 is 1.35 bits per heavy atom. The van der Waals surface area contributed by atoms with Crippen LogP contribution in [0.4, 0.5) is 0 Å². The van der Waals surface area contributed by atoms with Gasteiger partial charge in [0.1, 0.15) is 0 Å². The van der Waals surface area contributed by atoms with E-state index in [1.165, 1.54) is 29.5 Å². The van der Waals surface area contributed by atoms with Crippen molar-refractivity contribution >= 4 is 21.6 Å². The zero-order valence-corrected chi connectivity index (χ0v) is 10.5. The summed E-state index contributed by atoms with van der Waals surface area (Å²) in [6.07, 6.45) is 9.13. The Labute approximate surface area is 105 Å². The molecule has 0 amide bonds. The fraction of sp³-hybridized carbons (Fsp3) is 0.357. The molecule has 0 saturated carbocycles. The van der Waals surface area contributed by atoms with Gasteiger partial charge in [-0.3, -0.25) is 4.98 Å². The van der Waals surface area contributed by atoms with Crippen molar-refractivity contribution in [3.05, 3.63) is 40.9 Å². The fourth-order valence-corrected chi connectivity index (χ4v) is 3.18. The summed E-state index contributed by atoms with van der Waals surface area (Å²) < 4.78 is 1.23. The van der Waals surface area contributed by atoms with E-state index < -0.39 is 0 Å². The molecule has 2 aromatic rings. The molecule has 17 heavy (non-hydrogen) atoms. The van der Waals surface area contributed by atoms with Crippen LogP contribution in [-0.2, 0) is 0 Å². The van der Waals surface area contributed by atoms with Crippen LogP contribution in [0.5, 0.6) is 0 Å². The molecule has 0 saturated heterocycles. The summed E-state index contributed by atoms with van der Waals surface area (Å²) in [5.74, 6) is 0. The lowest BCUT2D eigenvalue weighted by Gasteiger charge is -2.19. The maximum absolute atomic E-state index is 6.33. The second-order valence-electron chi connectivity index (χ2n) is 4.58. The Bertz CT molecular complexity index is 556. The monoisotopic (exact) mass is 244 g/mol. The van der Waals surface area contributed by atoms with Crippen LogP contribution in [0.15, 0.2) is 35.4 Å². The number of allylic oxidation sites excluding steroid dienone is 1. The molecule has 0 aromatic carbocycles. The number of fused-ring (bicyclic) bond motifs is 1. The van der Waals surface area contributed by atoms with E-state index in [0.29, 0.717) is 0 Å². The highest BCUT2D eigenvalue weighted by atomic mass is 32.1. The first-order chi connectivity index (χ1) is 8.34. The number of hydrogen-bond acceptors (Lipinski definition) is 3. The SMILES string of the molecule is NC(C1=CCCCC1)c1cnc2ccsc2c1. The lowest BCUT2D eigenvalue weighted by molar-refractivity contribution is 0.648. The van der Waals surface area contributed by atoms with Gasteiger partial charge in [0.2, 0.25) is 0 Å². The smallest absolute Gasteiger partial charge is 0.0809 e. The third-order valence-electron chi connectivity index (χ3n) is 3.41. The third kappa shape index (κ3) is 2.13. The highest BCUT2D eigenvalue weighted by Crippen LogP contribution is 2.29. The molecule has 2 nitrogen and oxygen atoms in total. The minimum absolute atomic E-state index is 0.0364. The van der Waals surface area contributed by atoms with Crippen molar-refractivity contribution < 1.29 is 0 Å². The Morgan fingerprint density at radius 3 is 3.12 bits per heavy atom. The molecule has 3 rings (SSSR count). The topological polar surface area (TPSA) is 38.9 Å². The van der Waals surface area contributed by atoms with Gasteiger partial charge in [0.25, 0.3) is 0 Å². The van der Waals surface area contributed by atoms with Gasteiger partial charge in [0.15, 0.2) is 0 Å². The van der Waals surface area contributed by atoms with E-state index >= 15 is 0 Å². The molecular weight excluding hydrogens is 228 g/mol. The van der Waals surface area contributed by atoms with Crippen molar-refractivity contribution in [1.29, 1.82) is 0 Å². The molecule has 1 atom stereocenters. The number of nitrogens with two attached hydrogens (primary N) is 1. The van der Waals surface area contributed by atoms with Crippen LogP contribution >= 0.6 is 11.3 Å². The molecule has 2 N–H and O–H groups in total. The summed E-state index contributed by atoms with van der Waals surface area (Å²) in [4.78, 5) is 4.46. The predicted octanol–water partition coefficient (Wildman–Crippen LogP) is 3.80. The zero-order valence-electron chi connectivity index (χ0n) is 9.73. The first-order valence-electron chi connectivity index (χ1n) is 6.12. The van der Waals surface area contributed by atoms with Crippen molar-refractivity contribution in [2.45, 2.75) is 31.7 Å². The second-order valence-corrected chi connectivity index (χ2v) is 5.52. The van der Waals surface area contributed by atoms with Gasteiger partial charge in [0.05, 0.1) is 16.3 Å². The van der Waals surface area contributed by atoms with E-state index in [0.717, 1.165) is 17.5 Å². The van der Waals surface area contributed by atoms with Crippen molar-refractivity contribution in [2.75, 3.05) is 0 Å².